The van der Waals surface area contributed by atoms with Crippen LogP contribution in [0.2, 0.25) is 0 Å². The molecule has 0 saturated heterocycles. The lowest BCUT2D eigenvalue weighted by molar-refractivity contribution is 0.0591. The highest BCUT2D eigenvalue weighted by Crippen LogP contribution is 2.29. The van der Waals surface area contributed by atoms with Crippen molar-refractivity contribution in [1.82, 2.24) is 0 Å². The van der Waals surface area contributed by atoms with Gasteiger partial charge in [0.2, 0.25) is 0 Å². The number of aryl methyl sites for hydroxylation is 1. The predicted molar refractivity (Wildman–Crippen MR) is 131 cm³/mol. The maximum atomic E-state index is 12.2. The zero-order valence-electron chi connectivity index (χ0n) is 20.7. The summed E-state index contributed by atoms with van der Waals surface area (Å²) in [7, 11) is 5.51. The van der Waals surface area contributed by atoms with Gasteiger partial charge in [0.15, 0.2) is 35.4 Å². The van der Waals surface area contributed by atoms with Crippen molar-refractivity contribution in [2.45, 2.75) is 6.92 Å². The van der Waals surface area contributed by atoms with Gasteiger partial charge in [0.25, 0.3) is 0 Å². The van der Waals surface area contributed by atoms with Crippen molar-refractivity contribution in [3.63, 3.8) is 0 Å². The van der Waals surface area contributed by atoms with Crippen LogP contribution in [0, 0.1) is 6.92 Å². The minimum absolute atomic E-state index is 0.0783. The second-order valence-electron chi connectivity index (χ2n) is 7.32. The molecule has 0 heterocycles. The van der Waals surface area contributed by atoms with Crippen molar-refractivity contribution in [3.05, 3.63) is 82.9 Å². The van der Waals surface area contributed by atoms with Gasteiger partial charge in [-0.05, 0) is 49.4 Å². The number of hydrogen-bond acceptors (Lipinski definition) is 9. The Kier molecular flexibility index (Phi) is 10.3. The van der Waals surface area contributed by atoms with Crippen LogP contribution in [0.3, 0.4) is 0 Å². The molecule has 0 fully saturated rings. The summed E-state index contributed by atoms with van der Waals surface area (Å²) in [5.74, 6) is -0.121. The molecule has 3 rings (SSSR count). The molecule has 0 radical (unpaired) electrons. The summed E-state index contributed by atoms with van der Waals surface area (Å²) in [5.41, 5.74) is 2.20. The van der Waals surface area contributed by atoms with Gasteiger partial charge in [-0.25, -0.2) is 9.59 Å². The average Bonchev–Trinajstić information content (AvgIpc) is 2.90. The molecule has 0 aliphatic rings. The molecule has 0 bridgehead atoms. The number of esters is 2. The number of aromatic hydroxyl groups is 1. The van der Waals surface area contributed by atoms with Gasteiger partial charge in [-0.1, -0.05) is 23.8 Å². The van der Waals surface area contributed by atoms with E-state index >= 15 is 0 Å². The van der Waals surface area contributed by atoms with Gasteiger partial charge in [0, 0.05) is 5.56 Å². The van der Waals surface area contributed by atoms with E-state index in [0.29, 0.717) is 33.9 Å². The summed E-state index contributed by atoms with van der Waals surface area (Å²) >= 11 is 0. The van der Waals surface area contributed by atoms with Crippen LogP contribution >= 0.6 is 0 Å². The number of ether oxygens (including phenoxy) is 5. The standard InChI is InChI=1S/C18H18O5.C9H10O4/c1-12-5-4-6-13(9-12)15(19)11-23-17-10-14(18(20)22-3)7-8-16(17)21-2;1-12-8-4-3-6(5-7(8)10)9(11)13-2/h4-10H,11H2,1-3H3;3-5,10H,1-2H3. The first kappa shape index (κ1) is 27.7. The minimum Gasteiger partial charge on any atom is -0.504 e. The third kappa shape index (κ3) is 7.49. The quantitative estimate of drug-likeness (QED) is 0.361. The fourth-order valence-electron chi connectivity index (χ4n) is 3.01. The fourth-order valence-corrected chi connectivity index (χ4v) is 3.01. The largest absolute Gasteiger partial charge is 0.504 e. The monoisotopic (exact) mass is 496 g/mol. The first-order chi connectivity index (χ1) is 17.2. The summed E-state index contributed by atoms with van der Waals surface area (Å²) < 4.78 is 24.7. The van der Waals surface area contributed by atoms with Gasteiger partial charge in [0.05, 0.1) is 39.6 Å². The molecule has 0 aliphatic heterocycles. The van der Waals surface area contributed by atoms with E-state index in [1.165, 1.54) is 52.7 Å². The second-order valence-corrected chi connectivity index (χ2v) is 7.32. The molecule has 0 aromatic heterocycles. The number of carbonyl (C=O) groups is 3. The van der Waals surface area contributed by atoms with Crippen molar-refractivity contribution in [2.75, 3.05) is 35.0 Å². The third-order valence-corrected chi connectivity index (χ3v) is 4.88. The zero-order valence-corrected chi connectivity index (χ0v) is 20.7. The zero-order chi connectivity index (χ0) is 26.7. The van der Waals surface area contributed by atoms with Crippen LogP contribution in [0.4, 0.5) is 0 Å². The summed E-state index contributed by atoms with van der Waals surface area (Å²) in [4.78, 5) is 34.8. The Labute approximate surface area is 209 Å². The van der Waals surface area contributed by atoms with Gasteiger partial charge in [-0.2, -0.15) is 0 Å². The van der Waals surface area contributed by atoms with Gasteiger partial charge in [-0.3, -0.25) is 4.79 Å². The number of ketones is 1. The van der Waals surface area contributed by atoms with Crippen LogP contribution in [0.5, 0.6) is 23.0 Å². The molecule has 0 unspecified atom stereocenters. The number of phenols is 1. The van der Waals surface area contributed by atoms with Gasteiger partial charge in [0.1, 0.15) is 0 Å². The van der Waals surface area contributed by atoms with Crippen molar-refractivity contribution in [1.29, 1.82) is 0 Å². The van der Waals surface area contributed by atoms with E-state index < -0.39 is 11.9 Å². The highest BCUT2D eigenvalue weighted by molar-refractivity contribution is 5.97. The molecule has 1 N–H and O–H groups in total. The Balaban J connectivity index is 0.000000297. The van der Waals surface area contributed by atoms with Crippen molar-refractivity contribution in [3.8, 4) is 23.0 Å². The van der Waals surface area contributed by atoms with E-state index in [0.717, 1.165) is 5.56 Å². The summed E-state index contributed by atoms with van der Waals surface area (Å²) in [6.07, 6.45) is 0. The Hall–Kier alpha value is -4.53. The molecular weight excluding hydrogens is 468 g/mol. The lowest BCUT2D eigenvalue weighted by atomic mass is 10.1. The first-order valence-corrected chi connectivity index (χ1v) is 10.7. The lowest BCUT2D eigenvalue weighted by Gasteiger charge is -2.11. The van der Waals surface area contributed by atoms with Gasteiger partial charge >= 0.3 is 11.9 Å². The molecule has 190 valence electrons. The van der Waals surface area contributed by atoms with E-state index in [-0.39, 0.29) is 18.1 Å². The normalized spacial score (nSPS) is 9.81. The summed E-state index contributed by atoms with van der Waals surface area (Å²) in [5, 5.41) is 9.30. The number of carbonyl (C=O) groups excluding carboxylic acids is 3. The molecular formula is C27H28O9. The Bertz CT molecular complexity index is 1220. The molecule has 36 heavy (non-hydrogen) atoms. The number of benzene rings is 3. The predicted octanol–water partition coefficient (Wildman–Crippen LogP) is 4.24. The lowest BCUT2D eigenvalue weighted by Crippen LogP contribution is -2.12. The minimum atomic E-state index is -0.488. The number of rotatable bonds is 8. The van der Waals surface area contributed by atoms with E-state index in [1.807, 2.05) is 19.1 Å². The highest BCUT2D eigenvalue weighted by atomic mass is 16.5. The molecule has 0 spiro atoms. The topological polar surface area (TPSA) is 118 Å². The van der Waals surface area contributed by atoms with Crippen molar-refractivity contribution in [2.24, 2.45) is 0 Å². The molecule has 0 aliphatic carbocycles. The Morgan fingerprint density at radius 1 is 0.694 bits per heavy atom. The van der Waals surface area contributed by atoms with E-state index in [4.69, 9.17) is 14.2 Å². The fraction of sp³-hybridized carbons (Fsp3) is 0.222. The van der Waals surface area contributed by atoms with E-state index in [1.54, 1.807) is 24.3 Å². The van der Waals surface area contributed by atoms with Crippen LogP contribution < -0.4 is 14.2 Å². The molecule has 0 saturated carbocycles. The van der Waals surface area contributed by atoms with E-state index in [9.17, 15) is 19.5 Å². The molecule has 3 aromatic rings. The Morgan fingerprint density at radius 2 is 1.28 bits per heavy atom. The number of phenolic OH excluding ortho intramolecular Hbond substituents is 1. The van der Waals surface area contributed by atoms with Gasteiger partial charge < -0.3 is 28.8 Å². The molecule has 0 atom stereocenters. The van der Waals surface area contributed by atoms with Crippen LogP contribution in [-0.2, 0) is 9.47 Å². The average molecular weight is 497 g/mol. The number of methoxy groups -OCH3 is 4. The first-order valence-electron chi connectivity index (χ1n) is 10.7. The highest BCUT2D eigenvalue weighted by Gasteiger charge is 2.14. The van der Waals surface area contributed by atoms with E-state index in [2.05, 4.69) is 9.47 Å². The van der Waals surface area contributed by atoms with Gasteiger partial charge in [-0.15, -0.1) is 0 Å². The van der Waals surface area contributed by atoms with Crippen LogP contribution in [0.15, 0.2) is 60.7 Å². The molecule has 3 aromatic carbocycles. The maximum Gasteiger partial charge on any atom is 0.337 e. The van der Waals surface area contributed by atoms with Crippen LogP contribution in [0.25, 0.3) is 0 Å². The number of hydrogen-bond donors (Lipinski definition) is 1. The van der Waals surface area contributed by atoms with Crippen molar-refractivity contribution >= 4 is 17.7 Å². The molecule has 9 heteroatoms. The second kappa shape index (κ2) is 13.4. The smallest absolute Gasteiger partial charge is 0.337 e. The Morgan fingerprint density at radius 3 is 1.81 bits per heavy atom. The van der Waals surface area contributed by atoms with Crippen molar-refractivity contribution < 1.29 is 43.2 Å². The third-order valence-electron chi connectivity index (χ3n) is 4.88. The molecule has 9 nitrogen and oxygen atoms in total. The van der Waals surface area contributed by atoms with Crippen LogP contribution in [-0.4, -0.2) is 57.9 Å². The summed E-state index contributed by atoms with van der Waals surface area (Å²) in [6, 6.07) is 16.2. The summed E-state index contributed by atoms with van der Waals surface area (Å²) in [6.45, 7) is 1.77. The van der Waals surface area contributed by atoms with Crippen LogP contribution in [0.1, 0.15) is 36.6 Å². The maximum absolute atomic E-state index is 12.2. The molecule has 0 amide bonds. The SMILES string of the molecule is COC(=O)c1ccc(OC)c(O)c1.COC(=O)c1ccc(OC)c(OCC(=O)c2cccc(C)c2)c1. The number of Topliss-reactive ketones (excluding diaryl/α,β-unsaturated/α-hetero) is 1.